The number of rotatable bonds is 3. The molecule has 1 unspecified atom stereocenters. The van der Waals surface area contributed by atoms with Crippen LogP contribution in [0, 0.1) is 24.2 Å². The highest BCUT2D eigenvalue weighted by molar-refractivity contribution is 6.32. The van der Waals surface area contributed by atoms with Crippen LogP contribution in [-0.4, -0.2) is 37.0 Å². The molecule has 1 saturated carbocycles. The number of anilines is 1. The molecule has 158 valence electrons. The third kappa shape index (κ3) is 3.06. The molecule has 31 heavy (non-hydrogen) atoms. The number of aryl methyl sites for hydroxylation is 1. The largest absolute Gasteiger partial charge is 0.423 e. The predicted octanol–water partition coefficient (Wildman–Crippen LogP) is 4.02. The van der Waals surface area contributed by atoms with Crippen molar-refractivity contribution in [2.75, 3.05) is 5.32 Å². The van der Waals surface area contributed by atoms with Gasteiger partial charge in [-0.15, -0.1) is 10.2 Å². The number of nitrogens with zero attached hydrogens (tertiary/aromatic N) is 6. The number of nitrogens with one attached hydrogen (secondary N) is 1. The molecule has 5 rings (SSSR count). The lowest BCUT2D eigenvalue weighted by molar-refractivity contribution is -0.110. The molecule has 2 aliphatic rings. The topological polar surface area (TPSA) is 113 Å². The monoisotopic (exact) mass is 437 g/mol. The summed E-state index contributed by atoms with van der Waals surface area (Å²) in [6.07, 6.45) is 4.06. The highest BCUT2D eigenvalue weighted by Gasteiger charge is 2.62. The van der Waals surface area contributed by atoms with E-state index in [-0.39, 0.29) is 12.1 Å². The Labute approximate surface area is 183 Å². The van der Waals surface area contributed by atoms with E-state index in [1.807, 2.05) is 4.90 Å². The van der Waals surface area contributed by atoms with E-state index in [0.29, 0.717) is 39.8 Å². The van der Waals surface area contributed by atoms with Crippen LogP contribution in [0.4, 0.5) is 10.5 Å². The zero-order chi connectivity index (χ0) is 21.8. The lowest BCUT2D eigenvalue weighted by atomic mass is 9.64. The molecule has 1 aliphatic carbocycles. The number of fused-ring (bicyclic) bond motifs is 2. The van der Waals surface area contributed by atoms with Gasteiger partial charge in [-0.3, -0.25) is 0 Å². The van der Waals surface area contributed by atoms with Crippen molar-refractivity contribution in [3.05, 3.63) is 53.0 Å². The van der Waals surface area contributed by atoms with Crippen molar-refractivity contribution in [1.29, 1.82) is 5.26 Å². The fraction of sp³-hybridized carbons (Fsp3) is 0.381. The number of aromatic nitrogens is 4. The smallest absolute Gasteiger partial charge is 0.323 e. The van der Waals surface area contributed by atoms with Crippen LogP contribution < -0.4 is 5.32 Å². The summed E-state index contributed by atoms with van der Waals surface area (Å²) >= 11 is 6.33. The normalized spacial score (nSPS) is 24.4. The van der Waals surface area contributed by atoms with Crippen LogP contribution in [0.2, 0.25) is 5.02 Å². The summed E-state index contributed by atoms with van der Waals surface area (Å²) in [5, 5.41) is 25.1. The van der Waals surface area contributed by atoms with Crippen molar-refractivity contribution in [2.24, 2.45) is 5.92 Å². The average molecular weight is 438 g/mol. The Bertz CT molecular complexity index is 1210. The summed E-state index contributed by atoms with van der Waals surface area (Å²) in [7, 11) is 0. The Kier molecular flexibility index (Phi) is 4.48. The molecule has 2 fully saturated rings. The number of likely N-dealkylation sites (tertiary alicyclic amines) is 1. The standard InChI is InChI=1S/C21H20ClN7O2/c1-12-7-16-10-21(9-12,19-27-26-13(2)31-19)28(16)20(30)25-14-3-4-17(22)18(8-14)29-15(11-23)5-6-24-29/h3-6,8,12,16H,7,9-10H2,1-2H3,(H,25,30)/t12-,16-,21?/m1/s1. The van der Waals surface area contributed by atoms with Gasteiger partial charge in [0.25, 0.3) is 0 Å². The molecule has 10 heteroatoms. The number of hydrogen-bond acceptors (Lipinski definition) is 6. The maximum atomic E-state index is 13.3. The first-order chi connectivity index (χ1) is 14.9. The summed E-state index contributed by atoms with van der Waals surface area (Å²) in [5.74, 6) is 1.44. The Morgan fingerprint density at radius 3 is 2.94 bits per heavy atom. The Morgan fingerprint density at radius 1 is 1.35 bits per heavy atom. The third-order valence-electron chi connectivity index (χ3n) is 6.09. The highest BCUT2D eigenvalue weighted by Crippen LogP contribution is 2.55. The minimum Gasteiger partial charge on any atom is -0.423 e. The maximum absolute atomic E-state index is 13.3. The van der Waals surface area contributed by atoms with E-state index >= 15 is 0 Å². The molecule has 9 nitrogen and oxygen atoms in total. The lowest BCUT2D eigenvalue weighted by Crippen LogP contribution is -2.70. The van der Waals surface area contributed by atoms with Gasteiger partial charge in [0.05, 0.1) is 16.9 Å². The van der Waals surface area contributed by atoms with Gasteiger partial charge in [-0.25, -0.2) is 9.48 Å². The van der Waals surface area contributed by atoms with E-state index in [0.717, 1.165) is 19.3 Å². The van der Waals surface area contributed by atoms with Crippen molar-refractivity contribution in [2.45, 2.75) is 44.7 Å². The number of amides is 2. The SMILES string of the molecule is Cc1nnc(C23C[C@H](C)C[C@H](C2)N3C(=O)Nc2ccc(Cl)c(-n3nccc3C#N)c2)o1. The molecule has 1 aromatic carbocycles. The average Bonchev–Trinajstić information content (AvgIpc) is 3.37. The number of carbonyl (C=O) groups excluding carboxylic acids is 1. The molecule has 0 radical (unpaired) electrons. The van der Waals surface area contributed by atoms with E-state index in [1.54, 1.807) is 31.2 Å². The second kappa shape index (κ2) is 7.10. The van der Waals surface area contributed by atoms with Gasteiger partial charge in [0.15, 0.2) is 0 Å². The lowest BCUT2D eigenvalue weighted by Gasteiger charge is -2.61. The highest BCUT2D eigenvalue weighted by atomic mass is 35.5. The summed E-state index contributed by atoms with van der Waals surface area (Å²) in [6, 6.07) is 8.67. The predicted molar refractivity (Wildman–Crippen MR) is 112 cm³/mol. The second-order valence-electron chi connectivity index (χ2n) is 8.27. The fourth-order valence-corrected chi connectivity index (χ4v) is 5.15. The third-order valence-corrected chi connectivity index (χ3v) is 6.41. The van der Waals surface area contributed by atoms with Crippen molar-refractivity contribution in [1.82, 2.24) is 24.9 Å². The quantitative estimate of drug-likeness (QED) is 0.662. The molecular formula is C21H20ClN7O2. The van der Waals surface area contributed by atoms with E-state index in [1.165, 1.54) is 10.9 Å². The van der Waals surface area contributed by atoms with Crippen LogP contribution in [0.3, 0.4) is 0 Å². The van der Waals surface area contributed by atoms with E-state index in [9.17, 15) is 10.1 Å². The molecule has 3 atom stereocenters. The number of carbonyl (C=O) groups is 1. The molecule has 0 spiro atoms. The second-order valence-corrected chi connectivity index (χ2v) is 8.67. The van der Waals surface area contributed by atoms with Crippen LogP contribution >= 0.6 is 11.6 Å². The van der Waals surface area contributed by atoms with Crippen LogP contribution in [0.15, 0.2) is 34.9 Å². The number of hydrogen-bond donors (Lipinski definition) is 1. The maximum Gasteiger partial charge on any atom is 0.323 e. The number of piperidine rings is 1. The molecule has 2 aromatic heterocycles. The molecule has 1 aliphatic heterocycles. The van der Waals surface area contributed by atoms with Crippen molar-refractivity contribution in [3.8, 4) is 11.8 Å². The van der Waals surface area contributed by atoms with Gasteiger partial charge in [0.2, 0.25) is 11.8 Å². The zero-order valence-electron chi connectivity index (χ0n) is 17.0. The molecular weight excluding hydrogens is 418 g/mol. The first kappa shape index (κ1) is 19.6. The first-order valence-corrected chi connectivity index (χ1v) is 10.4. The number of urea groups is 1. The van der Waals surface area contributed by atoms with Crippen molar-refractivity contribution in [3.63, 3.8) is 0 Å². The van der Waals surface area contributed by atoms with Gasteiger partial charge in [-0.05, 0) is 43.0 Å². The first-order valence-electron chi connectivity index (χ1n) is 10.1. The van der Waals surface area contributed by atoms with E-state index < -0.39 is 5.54 Å². The van der Waals surface area contributed by atoms with Gasteiger partial charge >= 0.3 is 6.03 Å². The van der Waals surface area contributed by atoms with Crippen LogP contribution in [0.25, 0.3) is 5.69 Å². The minimum atomic E-state index is -0.571. The van der Waals surface area contributed by atoms with Gasteiger partial charge in [-0.1, -0.05) is 18.5 Å². The Morgan fingerprint density at radius 2 is 2.19 bits per heavy atom. The Balaban J connectivity index is 1.44. The molecule has 3 aromatic rings. The van der Waals surface area contributed by atoms with E-state index in [4.69, 9.17) is 16.0 Å². The summed E-state index contributed by atoms with van der Waals surface area (Å²) in [5.41, 5.74) is 0.848. The van der Waals surface area contributed by atoms with Crippen LogP contribution in [-0.2, 0) is 5.54 Å². The molecule has 2 bridgehead atoms. The Hall–Kier alpha value is -3.38. The number of nitriles is 1. The van der Waals surface area contributed by atoms with Gasteiger partial charge in [0, 0.05) is 25.1 Å². The summed E-state index contributed by atoms with van der Waals surface area (Å²) in [4.78, 5) is 15.2. The van der Waals surface area contributed by atoms with Crippen molar-refractivity contribution >= 4 is 23.3 Å². The number of halogens is 1. The van der Waals surface area contributed by atoms with Gasteiger partial charge < -0.3 is 14.6 Å². The summed E-state index contributed by atoms with van der Waals surface area (Å²) < 4.78 is 7.19. The van der Waals surface area contributed by atoms with E-state index in [2.05, 4.69) is 33.6 Å². The summed E-state index contributed by atoms with van der Waals surface area (Å²) in [6.45, 7) is 3.93. The van der Waals surface area contributed by atoms with Gasteiger partial charge in [-0.2, -0.15) is 10.4 Å². The minimum absolute atomic E-state index is 0.124. The molecule has 1 saturated heterocycles. The number of benzene rings is 1. The molecule has 2 amide bonds. The van der Waals surface area contributed by atoms with Crippen LogP contribution in [0.1, 0.15) is 43.7 Å². The zero-order valence-corrected chi connectivity index (χ0v) is 17.8. The fourth-order valence-electron chi connectivity index (χ4n) is 4.95. The van der Waals surface area contributed by atoms with Gasteiger partial charge in [0.1, 0.15) is 17.3 Å². The van der Waals surface area contributed by atoms with Crippen LogP contribution in [0.5, 0.6) is 0 Å². The molecule has 3 heterocycles. The molecule has 1 N–H and O–H groups in total. The van der Waals surface area contributed by atoms with Crippen molar-refractivity contribution < 1.29 is 9.21 Å².